The minimum absolute atomic E-state index is 0.0178. The average Bonchev–Trinajstić information content (AvgIpc) is 3.44. The minimum Gasteiger partial charge on any atom is -0.394 e. The fourth-order valence-electron chi connectivity index (χ4n) is 7.58. The second-order valence-corrected chi connectivity index (χ2v) is 13.9. The number of amides is 4. The van der Waals surface area contributed by atoms with Crippen LogP contribution < -0.4 is 14.7 Å². The number of anilines is 5. The van der Waals surface area contributed by atoms with Gasteiger partial charge in [0, 0.05) is 47.2 Å². The third-order valence-corrected chi connectivity index (χ3v) is 10.6. The van der Waals surface area contributed by atoms with Crippen LogP contribution in [0.2, 0.25) is 0 Å². The van der Waals surface area contributed by atoms with Crippen molar-refractivity contribution in [3.63, 3.8) is 0 Å². The maximum atomic E-state index is 14.5. The highest BCUT2D eigenvalue weighted by atomic mass is 16.3. The van der Waals surface area contributed by atoms with Crippen LogP contribution in [0.4, 0.5) is 28.4 Å². The molecule has 3 atom stereocenters. The summed E-state index contributed by atoms with van der Waals surface area (Å²) in [6.07, 6.45) is 5.38. The topological polar surface area (TPSA) is 122 Å². The molecule has 0 aromatic heterocycles. The lowest BCUT2D eigenvalue weighted by Crippen LogP contribution is -2.46. The van der Waals surface area contributed by atoms with E-state index in [2.05, 4.69) is 0 Å². The van der Waals surface area contributed by atoms with E-state index in [1.165, 1.54) is 14.7 Å². The number of rotatable bonds is 13. The van der Waals surface area contributed by atoms with E-state index < -0.39 is 17.4 Å². The third kappa shape index (κ3) is 7.17. The molecule has 0 fully saturated rings. The smallest absolute Gasteiger partial charge is 0.264 e. The van der Waals surface area contributed by atoms with Gasteiger partial charge in [-0.3, -0.25) is 29.0 Å². The molecule has 0 unspecified atom stereocenters. The Morgan fingerprint density at radius 3 is 1.98 bits per heavy atom. The lowest BCUT2D eigenvalue weighted by Gasteiger charge is -2.36. The van der Waals surface area contributed by atoms with Gasteiger partial charge in [0.1, 0.15) is 0 Å². The van der Waals surface area contributed by atoms with Gasteiger partial charge < -0.3 is 20.0 Å². The molecular weight excluding hydrogens is 693 g/mol. The van der Waals surface area contributed by atoms with Crippen LogP contribution in [-0.4, -0.2) is 52.4 Å². The summed E-state index contributed by atoms with van der Waals surface area (Å²) in [5.41, 5.74) is 4.19. The highest BCUT2D eigenvalue weighted by Crippen LogP contribution is 2.47. The molecule has 278 valence electrons. The first-order valence-electron chi connectivity index (χ1n) is 18.3. The molecule has 0 saturated heterocycles. The van der Waals surface area contributed by atoms with E-state index in [-0.39, 0.29) is 31.5 Å². The monoisotopic (exact) mass is 734 g/mol. The Hall–Kier alpha value is -6.36. The number of aliphatic hydroxyl groups is 2. The van der Waals surface area contributed by atoms with Crippen LogP contribution in [0.3, 0.4) is 0 Å². The highest BCUT2D eigenvalue weighted by Gasteiger charge is 2.52. The number of hydrogen-bond donors (Lipinski definition) is 2. The summed E-state index contributed by atoms with van der Waals surface area (Å²) in [7, 11) is 0. The van der Waals surface area contributed by atoms with E-state index in [1.807, 2.05) is 84.9 Å². The van der Waals surface area contributed by atoms with Gasteiger partial charge in [0.2, 0.25) is 18.7 Å². The molecular formula is C45H42N4O6. The summed E-state index contributed by atoms with van der Waals surface area (Å²) in [5, 5.41) is 22.6. The van der Waals surface area contributed by atoms with Crippen molar-refractivity contribution in [3.05, 3.63) is 162 Å². The molecule has 2 heterocycles. The minimum atomic E-state index is -2.03. The molecule has 2 aliphatic rings. The van der Waals surface area contributed by atoms with E-state index in [4.69, 9.17) is 0 Å². The second kappa shape index (κ2) is 15.9. The fraction of sp³-hybridized carbons (Fsp3) is 0.200. The number of carbonyl (C=O) groups is 4. The number of carbonyl (C=O) groups excluding carboxylic acids is 4. The molecule has 4 amide bonds. The van der Waals surface area contributed by atoms with Gasteiger partial charge in [-0.15, -0.1) is 0 Å². The van der Waals surface area contributed by atoms with Gasteiger partial charge in [-0.1, -0.05) is 91.9 Å². The molecule has 2 aliphatic heterocycles. The number of para-hydroxylation sites is 2. The SMILES string of the molecule is C[C@H](/C=C/CC(=O)N1Cc2ccccc2C[C@H]1CO)[C@@]1(O)C(=O)N(Cc2ccc(N(C=O)c3ccccc3)cc2)c2ccc(N(C=O)c3ccccc3)cc21. The highest BCUT2D eigenvalue weighted by molar-refractivity contribution is 6.08. The molecule has 55 heavy (non-hydrogen) atoms. The Kier molecular flexibility index (Phi) is 10.7. The summed E-state index contributed by atoms with van der Waals surface area (Å²) < 4.78 is 0. The van der Waals surface area contributed by atoms with Crippen molar-refractivity contribution in [2.24, 2.45) is 5.92 Å². The van der Waals surface area contributed by atoms with Crippen molar-refractivity contribution in [2.45, 2.75) is 44.5 Å². The van der Waals surface area contributed by atoms with E-state index in [9.17, 15) is 29.4 Å². The molecule has 0 spiro atoms. The number of fused-ring (bicyclic) bond motifs is 2. The Morgan fingerprint density at radius 1 is 0.800 bits per heavy atom. The van der Waals surface area contributed by atoms with Crippen LogP contribution in [0.5, 0.6) is 0 Å². The van der Waals surface area contributed by atoms with Crippen molar-refractivity contribution in [2.75, 3.05) is 21.3 Å². The van der Waals surface area contributed by atoms with E-state index >= 15 is 0 Å². The van der Waals surface area contributed by atoms with Crippen LogP contribution in [0.25, 0.3) is 0 Å². The van der Waals surface area contributed by atoms with Crippen LogP contribution in [0.15, 0.2) is 140 Å². The fourth-order valence-corrected chi connectivity index (χ4v) is 7.58. The van der Waals surface area contributed by atoms with Crippen molar-refractivity contribution in [3.8, 4) is 0 Å². The number of aliphatic hydroxyl groups excluding tert-OH is 1. The molecule has 7 rings (SSSR count). The molecule has 0 radical (unpaired) electrons. The van der Waals surface area contributed by atoms with Crippen molar-refractivity contribution >= 4 is 53.1 Å². The number of nitrogens with zero attached hydrogens (tertiary/aromatic N) is 4. The first-order chi connectivity index (χ1) is 26.8. The van der Waals surface area contributed by atoms with Gasteiger partial charge in [0.15, 0.2) is 5.60 Å². The Labute approximate surface area is 320 Å². The Morgan fingerprint density at radius 2 is 1.36 bits per heavy atom. The van der Waals surface area contributed by atoms with Gasteiger partial charge in [0.05, 0.1) is 24.9 Å². The quantitative estimate of drug-likeness (QED) is 0.105. The zero-order chi connectivity index (χ0) is 38.5. The predicted octanol–water partition coefficient (Wildman–Crippen LogP) is 6.54. The Balaban J connectivity index is 1.17. The summed E-state index contributed by atoms with van der Waals surface area (Å²) in [5.74, 6) is -1.49. The van der Waals surface area contributed by atoms with E-state index in [0.29, 0.717) is 53.4 Å². The summed E-state index contributed by atoms with van der Waals surface area (Å²) in [6.45, 7) is 2.10. The average molecular weight is 735 g/mol. The lowest BCUT2D eigenvalue weighted by molar-refractivity contribution is -0.139. The number of benzene rings is 5. The van der Waals surface area contributed by atoms with Crippen molar-refractivity contribution < 1.29 is 29.4 Å². The molecule has 10 nitrogen and oxygen atoms in total. The van der Waals surface area contributed by atoms with Crippen molar-refractivity contribution in [1.29, 1.82) is 0 Å². The zero-order valence-electron chi connectivity index (χ0n) is 30.4. The van der Waals surface area contributed by atoms with Gasteiger partial charge in [-0.25, -0.2) is 0 Å². The maximum Gasteiger partial charge on any atom is 0.264 e. The van der Waals surface area contributed by atoms with Gasteiger partial charge in [-0.05, 0) is 77.7 Å². The lowest BCUT2D eigenvalue weighted by atomic mass is 9.82. The van der Waals surface area contributed by atoms with Gasteiger partial charge >= 0.3 is 0 Å². The van der Waals surface area contributed by atoms with Crippen LogP contribution in [0, 0.1) is 5.92 Å². The van der Waals surface area contributed by atoms with Crippen LogP contribution in [0.1, 0.15) is 35.6 Å². The zero-order valence-corrected chi connectivity index (χ0v) is 30.4. The summed E-state index contributed by atoms with van der Waals surface area (Å²) in [6, 6.07) is 38.3. The van der Waals surface area contributed by atoms with E-state index in [0.717, 1.165) is 23.1 Å². The maximum absolute atomic E-state index is 14.5. The molecule has 5 aromatic rings. The first kappa shape index (κ1) is 37.0. The summed E-state index contributed by atoms with van der Waals surface area (Å²) in [4.78, 5) is 58.6. The van der Waals surface area contributed by atoms with Gasteiger partial charge in [-0.2, -0.15) is 0 Å². The normalized spacial score (nSPS) is 18.1. The first-order valence-corrected chi connectivity index (χ1v) is 18.3. The number of hydrogen-bond acceptors (Lipinski definition) is 6. The molecule has 0 saturated carbocycles. The Bertz CT molecular complexity index is 2210. The van der Waals surface area contributed by atoms with E-state index in [1.54, 1.807) is 66.4 Å². The van der Waals surface area contributed by atoms with Gasteiger partial charge in [0.25, 0.3) is 5.91 Å². The largest absolute Gasteiger partial charge is 0.394 e. The molecule has 0 aliphatic carbocycles. The third-order valence-electron chi connectivity index (χ3n) is 10.6. The molecule has 2 N–H and O–H groups in total. The molecule has 0 bridgehead atoms. The van der Waals surface area contributed by atoms with Crippen molar-refractivity contribution in [1.82, 2.24) is 4.90 Å². The molecule has 5 aromatic carbocycles. The van der Waals surface area contributed by atoms with Crippen LogP contribution in [-0.2, 0) is 44.3 Å². The summed E-state index contributed by atoms with van der Waals surface area (Å²) >= 11 is 0. The second-order valence-electron chi connectivity index (χ2n) is 13.9. The molecule has 10 heteroatoms. The standard InChI is InChI=1S/C45H42N4O6/c1-32(11-10-18-43(53)46-28-35-13-9-8-12-34(35)25-40(46)29-50)45(55)41-26-39(49(31-52)37-16-6-3-7-17-37)23-24-42(41)47(44(45)54)27-33-19-21-38(22-20-33)48(30-51)36-14-4-2-5-15-36/h2-17,19-24,26,30-32,40,50,55H,18,25,27-29H2,1H3/b11-10+/t32-,40+,45+/m1/s1. The van der Waals surface area contributed by atoms with Crippen LogP contribution >= 0.6 is 0 Å². The predicted molar refractivity (Wildman–Crippen MR) is 212 cm³/mol.